The molecule has 7 heteroatoms. The average Bonchev–Trinajstić information content (AvgIpc) is 3.18. The van der Waals surface area contributed by atoms with Crippen LogP contribution in [0.2, 0.25) is 0 Å². The molecule has 1 aliphatic carbocycles. The van der Waals surface area contributed by atoms with E-state index in [1.165, 1.54) is 11.3 Å². The van der Waals surface area contributed by atoms with Crippen LogP contribution in [0, 0.1) is 0 Å². The van der Waals surface area contributed by atoms with Crippen molar-refractivity contribution < 1.29 is 14.7 Å². The molecule has 0 bridgehead atoms. The van der Waals surface area contributed by atoms with Gasteiger partial charge in [0.1, 0.15) is 0 Å². The lowest BCUT2D eigenvalue weighted by Gasteiger charge is -2.22. The number of carbonyl (C=O) groups excluding carboxylic acids is 1. The zero-order valence-electron chi connectivity index (χ0n) is 11.9. The molecule has 2 aromatic rings. The van der Waals surface area contributed by atoms with Crippen LogP contribution in [-0.4, -0.2) is 32.6 Å². The summed E-state index contributed by atoms with van der Waals surface area (Å²) >= 11 is 1.31. The van der Waals surface area contributed by atoms with Crippen LogP contribution in [0.5, 0.6) is 0 Å². The Kier molecular flexibility index (Phi) is 4.24. The summed E-state index contributed by atoms with van der Waals surface area (Å²) in [7, 11) is 0. The number of hydrogen-bond donors (Lipinski definition) is 2. The Morgan fingerprint density at radius 1 is 1.45 bits per heavy atom. The van der Waals surface area contributed by atoms with E-state index >= 15 is 0 Å². The molecular weight excluding hydrogens is 302 g/mol. The van der Waals surface area contributed by atoms with Crippen molar-refractivity contribution >= 4 is 23.2 Å². The van der Waals surface area contributed by atoms with Gasteiger partial charge in [0.15, 0.2) is 0 Å². The second-order valence-electron chi connectivity index (χ2n) is 5.47. The molecular formula is C15H17N3O3S. The first-order valence-corrected chi connectivity index (χ1v) is 8.09. The summed E-state index contributed by atoms with van der Waals surface area (Å²) in [6.07, 6.45) is 8.75. The molecule has 116 valence electrons. The van der Waals surface area contributed by atoms with Gasteiger partial charge in [0.25, 0.3) is 0 Å². The van der Waals surface area contributed by atoms with Crippen molar-refractivity contribution in [1.82, 2.24) is 14.9 Å². The predicted octanol–water partition coefficient (Wildman–Crippen LogP) is 2.10. The Morgan fingerprint density at radius 2 is 2.32 bits per heavy atom. The first-order valence-electron chi connectivity index (χ1n) is 7.21. The third-order valence-electron chi connectivity index (χ3n) is 3.97. The van der Waals surface area contributed by atoms with Gasteiger partial charge in [-0.1, -0.05) is 0 Å². The first kappa shape index (κ1) is 14.8. The topological polar surface area (TPSA) is 84.2 Å². The quantitative estimate of drug-likeness (QED) is 0.884. The van der Waals surface area contributed by atoms with Gasteiger partial charge < -0.3 is 15.0 Å². The highest BCUT2D eigenvalue weighted by Gasteiger charge is 2.29. The summed E-state index contributed by atoms with van der Waals surface area (Å²) in [5, 5.41) is 13.5. The number of rotatable bonds is 5. The van der Waals surface area contributed by atoms with Gasteiger partial charge in [-0.3, -0.25) is 4.79 Å². The summed E-state index contributed by atoms with van der Waals surface area (Å²) in [4.78, 5) is 27.9. The van der Waals surface area contributed by atoms with E-state index in [0.717, 1.165) is 24.1 Å². The monoisotopic (exact) mass is 319 g/mol. The molecule has 1 amide bonds. The normalized spacial score (nSPS) is 20.9. The van der Waals surface area contributed by atoms with Crippen LogP contribution in [0.25, 0.3) is 0 Å². The molecule has 0 unspecified atom stereocenters. The highest BCUT2D eigenvalue weighted by atomic mass is 32.1. The van der Waals surface area contributed by atoms with Crippen LogP contribution in [0.1, 0.15) is 40.5 Å². The molecule has 0 saturated heterocycles. The Bertz CT molecular complexity index is 665. The number of nitrogens with one attached hydrogen (secondary N) is 1. The van der Waals surface area contributed by atoms with Gasteiger partial charge in [-0.05, 0) is 25.3 Å². The summed E-state index contributed by atoms with van der Waals surface area (Å²) in [5.74, 6) is -1.02. The van der Waals surface area contributed by atoms with E-state index in [1.54, 1.807) is 24.0 Å². The molecule has 0 radical (unpaired) electrons. The highest BCUT2D eigenvalue weighted by Crippen LogP contribution is 2.30. The lowest BCUT2D eigenvalue weighted by molar-refractivity contribution is -0.121. The molecule has 2 aromatic heterocycles. The van der Waals surface area contributed by atoms with Gasteiger partial charge in [0.05, 0.1) is 24.4 Å². The lowest BCUT2D eigenvalue weighted by atomic mass is 10.1. The van der Waals surface area contributed by atoms with Crippen molar-refractivity contribution in [2.24, 2.45) is 0 Å². The van der Waals surface area contributed by atoms with Crippen LogP contribution >= 0.6 is 11.3 Å². The standard InChI is InChI=1S/C15H17N3O3S/c19-14(7-11-6-10(8-22-11)15(20)21)17-12-2-1-3-13(12)18-5-4-16-9-18/h4-6,8-9,12-13H,1-3,7H2,(H,17,19)(H,20,21)/t12-,13+/m1/s1. The fourth-order valence-electron chi connectivity index (χ4n) is 2.93. The fourth-order valence-corrected chi connectivity index (χ4v) is 3.79. The van der Waals surface area contributed by atoms with Gasteiger partial charge >= 0.3 is 5.97 Å². The lowest BCUT2D eigenvalue weighted by Crippen LogP contribution is -2.38. The minimum Gasteiger partial charge on any atom is -0.478 e. The Morgan fingerprint density at radius 3 is 3.00 bits per heavy atom. The van der Waals surface area contributed by atoms with Gasteiger partial charge in [-0.25, -0.2) is 9.78 Å². The smallest absolute Gasteiger partial charge is 0.336 e. The Hall–Kier alpha value is -2.15. The third kappa shape index (κ3) is 3.19. The minimum absolute atomic E-state index is 0.0594. The maximum absolute atomic E-state index is 12.2. The Labute approximate surface area is 131 Å². The number of aromatic nitrogens is 2. The van der Waals surface area contributed by atoms with Crippen LogP contribution in [0.4, 0.5) is 0 Å². The average molecular weight is 319 g/mol. The van der Waals surface area contributed by atoms with E-state index in [9.17, 15) is 9.59 Å². The second kappa shape index (κ2) is 6.31. The first-order chi connectivity index (χ1) is 10.6. The van der Waals surface area contributed by atoms with Gasteiger partial charge in [-0.2, -0.15) is 0 Å². The van der Waals surface area contributed by atoms with E-state index in [0.29, 0.717) is 0 Å². The van der Waals surface area contributed by atoms with Gasteiger partial charge in [0.2, 0.25) is 5.91 Å². The number of nitrogens with zero attached hydrogens (tertiary/aromatic N) is 2. The molecule has 2 heterocycles. The summed E-state index contributed by atoms with van der Waals surface area (Å²) in [5.41, 5.74) is 0.241. The maximum Gasteiger partial charge on any atom is 0.336 e. The van der Waals surface area contributed by atoms with Gasteiger partial charge in [-0.15, -0.1) is 11.3 Å². The maximum atomic E-state index is 12.2. The van der Waals surface area contributed by atoms with Crippen LogP contribution in [0.3, 0.4) is 0 Å². The Balaban J connectivity index is 1.60. The number of carboxylic acid groups (broad SMARTS) is 1. The molecule has 3 rings (SSSR count). The molecule has 0 aliphatic heterocycles. The molecule has 2 N–H and O–H groups in total. The van der Waals surface area contributed by atoms with E-state index in [-0.39, 0.29) is 30.0 Å². The fraction of sp³-hybridized carbons (Fsp3) is 0.400. The molecule has 2 atom stereocenters. The second-order valence-corrected chi connectivity index (χ2v) is 6.46. The number of thiophene rings is 1. The number of hydrogen-bond acceptors (Lipinski definition) is 4. The van der Waals surface area contributed by atoms with Crippen molar-refractivity contribution in [3.05, 3.63) is 40.6 Å². The van der Waals surface area contributed by atoms with Crippen molar-refractivity contribution in [2.75, 3.05) is 0 Å². The molecule has 1 saturated carbocycles. The largest absolute Gasteiger partial charge is 0.478 e. The molecule has 6 nitrogen and oxygen atoms in total. The van der Waals surface area contributed by atoms with Crippen molar-refractivity contribution in [2.45, 2.75) is 37.8 Å². The molecule has 0 spiro atoms. The summed E-state index contributed by atoms with van der Waals surface area (Å²) < 4.78 is 2.05. The number of carbonyl (C=O) groups is 2. The highest BCUT2D eigenvalue weighted by molar-refractivity contribution is 7.10. The molecule has 1 fully saturated rings. The predicted molar refractivity (Wildman–Crippen MR) is 82.0 cm³/mol. The third-order valence-corrected chi connectivity index (χ3v) is 4.91. The van der Waals surface area contributed by atoms with Crippen molar-refractivity contribution in [3.63, 3.8) is 0 Å². The van der Waals surface area contributed by atoms with Crippen LogP contribution in [0.15, 0.2) is 30.2 Å². The summed E-state index contributed by atoms with van der Waals surface area (Å²) in [6.45, 7) is 0. The number of imidazole rings is 1. The van der Waals surface area contributed by atoms with E-state index in [4.69, 9.17) is 5.11 Å². The van der Waals surface area contributed by atoms with Crippen molar-refractivity contribution in [3.8, 4) is 0 Å². The molecule has 1 aliphatic rings. The van der Waals surface area contributed by atoms with Crippen LogP contribution < -0.4 is 5.32 Å². The number of amides is 1. The van der Waals surface area contributed by atoms with E-state index in [2.05, 4.69) is 10.3 Å². The minimum atomic E-state index is -0.959. The van der Waals surface area contributed by atoms with Crippen molar-refractivity contribution in [1.29, 1.82) is 0 Å². The summed E-state index contributed by atoms with van der Waals surface area (Å²) in [6, 6.07) is 1.93. The number of carboxylic acids is 1. The zero-order valence-corrected chi connectivity index (χ0v) is 12.8. The van der Waals surface area contributed by atoms with Crippen LogP contribution in [-0.2, 0) is 11.2 Å². The molecule has 0 aromatic carbocycles. The number of aromatic carboxylic acids is 1. The SMILES string of the molecule is O=C(Cc1cc(C(=O)O)cs1)N[C@@H]1CCC[C@@H]1n1ccnc1. The van der Waals surface area contributed by atoms with Gasteiger partial charge in [0, 0.05) is 28.7 Å². The van der Waals surface area contributed by atoms with E-state index < -0.39 is 5.97 Å². The molecule has 22 heavy (non-hydrogen) atoms. The zero-order chi connectivity index (χ0) is 15.5. The van der Waals surface area contributed by atoms with E-state index in [1.807, 2.05) is 10.8 Å².